The number of nitrogens with one attached hydrogen (secondary N) is 2. The van der Waals surface area contributed by atoms with Gasteiger partial charge in [0.25, 0.3) is 0 Å². The summed E-state index contributed by atoms with van der Waals surface area (Å²) in [5, 5.41) is 5.91. The van der Waals surface area contributed by atoms with Crippen LogP contribution in [-0.4, -0.2) is 26.1 Å². The van der Waals surface area contributed by atoms with Gasteiger partial charge in [0.2, 0.25) is 5.91 Å². The molecule has 0 unspecified atom stereocenters. The van der Waals surface area contributed by atoms with E-state index in [1.165, 1.54) is 5.56 Å². The molecule has 0 spiro atoms. The molecule has 0 aliphatic heterocycles. The molecule has 0 fully saturated rings. The summed E-state index contributed by atoms with van der Waals surface area (Å²) < 4.78 is 10.3. The van der Waals surface area contributed by atoms with Crippen molar-refractivity contribution in [3.8, 4) is 5.75 Å². The standard InChI is InChI=1S/C16H20N2O3/c1-20-14-6-4-13(5-7-14)8-9-18-16(19)12-17-11-15-3-2-10-21-15/h2-7,10,17H,8-9,11-12H2,1H3,(H,18,19). The van der Waals surface area contributed by atoms with Gasteiger partial charge in [0.15, 0.2) is 0 Å². The molecule has 0 saturated carbocycles. The Morgan fingerprint density at radius 2 is 2.05 bits per heavy atom. The van der Waals surface area contributed by atoms with Crippen LogP contribution in [0.3, 0.4) is 0 Å². The van der Waals surface area contributed by atoms with Crippen LogP contribution in [0.2, 0.25) is 0 Å². The highest BCUT2D eigenvalue weighted by Crippen LogP contribution is 2.11. The fraction of sp³-hybridized carbons (Fsp3) is 0.312. The summed E-state index contributed by atoms with van der Waals surface area (Å²) in [4.78, 5) is 11.6. The van der Waals surface area contributed by atoms with E-state index in [0.717, 1.165) is 17.9 Å². The molecule has 0 radical (unpaired) electrons. The minimum Gasteiger partial charge on any atom is -0.497 e. The van der Waals surface area contributed by atoms with Crippen LogP contribution in [0.5, 0.6) is 5.75 Å². The van der Waals surface area contributed by atoms with Gasteiger partial charge in [-0.25, -0.2) is 0 Å². The van der Waals surface area contributed by atoms with Crippen molar-refractivity contribution in [2.75, 3.05) is 20.2 Å². The molecule has 5 nitrogen and oxygen atoms in total. The van der Waals surface area contributed by atoms with Crippen LogP contribution in [0.4, 0.5) is 0 Å². The van der Waals surface area contributed by atoms with E-state index in [1.807, 2.05) is 36.4 Å². The normalized spacial score (nSPS) is 10.3. The molecule has 2 rings (SSSR count). The van der Waals surface area contributed by atoms with E-state index >= 15 is 0 Å². The monoisotopic (exact) mass is 288 g/mol. The van der Waals surface area contributed by atoms with E-state index in [0.29, 0.717) is 13.1 Å². The van der Waals surface area contributed by atoms with Gasteiger partial charge < -0.3 is 19.8 Å². The number of amides is 1. The van der Waals surface area contributed by atoms with Crippen LogP contribution >= 0.6 is 0 Å². The van der Waals surface area contributed by atoms with Gasteiger partial charge in [0.05, 0.1) is 26.5 Å². The van der Waals surface area contributed by atoms with Gasteiger partial charge >= 0.3 is 0 Å². The molecule has 1 aromatic carbocycles. The fourth-order valence-electron chi connectivity index (χ4n) is 1.91. The Bertz CT molecular complexity index is 535. The Morgan fingerprint density at radius 1 is 1.24 bits per heavy atom. The number of benzene rings is 1. The Balaban J connectivity index is 1.60. The largest absolute Gasteiger partial charge is 0.497 e. The van der Waals surface area contributed by atoms with Crippen LogP contribution in [0, 0.1) is 0 Å². The van der Waals surface area contributed by atoms with Crippen molar-refractivity contribution in [2.45, 2.75) is 13.0 Å². The van der Waals surface area contributed by atoms with E-state index in [9.17, 15) is 4.79 Å². The molecule has 0 aliphatic carbocycles. The third-order valence-corrected chi connectivity index (χ3v) is 3.06. The molecule has 1 amide bonds. The van der Waals surface area contributed by atoms with Crippen molar-refractivity contribution in [1.82, 2.24) is 10.6 Å². The highest BCUT2D eigenvalue weighted by molar-refractivity contribution is 5.77. The topological polar surface area (TPSA) is 63.5 Å². The van der Waals surface area contributed by atoms with Crippen molar-refractivity contribution >= 4 is 5.91 Å². The number of rotatable bonds is 8. The zero-order valence-corrected chi connectivity index (χ0v) is 12.1. The number of methoxy groups -OCH3 is 1. The van der Waals surface area contributed by atoms with Crippen LogP contribution in [0.15, 0.2) is 47.1 Å². The summed E-state index contributed by atoms with van der Waals surface area (Å²) in [6.45, 7) is 1.45. The molecule has 0 aliphatic rings. The van der Waals surface area contributed by atoms with Gasteiger partial charge in [0, 0.05) is 6.54 Å². The van der Waals surface area contributed by atoms with E-state index < -0.39 is 0 Å². The van der Waals surface area contributed by atoms with Crippen molar-refractivity contribution in [2.24, 2.45) is 0 Å². The van der Waals surface area contributed by atoms with E-state index in [-0.39, 0.29) is 12.5 Å². The van der Waals surface area contributed by atoms with Gasteiger partial charge in [-0.3, -0.25) is 4.79 Å². The minimum absolute atomic E-state index is 0.0185. The summed E-state index contributed by atoms with van der Waals surface area (Å²) in [5.41, 5.74) is 1.17. The summed E-state index contributed by atoms with van der Waals surface area (Å²) in [5.74, 6) is 1.64. The maximum absolute atomic E-state index is 11.6. The molecule has 5 heteroatoms. The lowest BCUT2D eigenvalue weighted by molar-refractivity contribution is -0.120. The summed E-state index contributed by atoms with van der Waals surface area (Å²) in [6, 6.07) is 11.5. The maximum Gasteiger partial charge on any atom is 0.233 e. The first kappa shape index (κ1) is 15.1. The number of furan rings is 1. The Labute approximate surface area is 124 Å². The Hall–Kier alpha value is -2.27. The van der Waals surface area contributed by atoms with E-state index in [2.05, 4.69) is 10.6 Å². The summed E-state index contributed by atoms with van der Waals surface area (Å²) in [7, 11) is 1.64. The van der Waals surface area contributed by atoms with E-state index in [4.69, 9.17) is 9.15 Å². The van der Waals surface area contributed by atoms with Crippen molar-refractivity contribution in [1.29, 1.82) is 0 Å². The predicted octanol–water partition coefficient (Wildman–Crippen LogP) is 1.74. The maximum atomic E-state index is 11.6. The number of carbonyl (C=O) groups is 1. The van der Waals surface area contributed by atoms with Crippen molar-refractivity contribution in [3.05, 3.63) is 54.0 Å². The Morgan fingerprint density at radius 3 is 2.71 bits per heavy atom. The summed E-state index contributed by atoms with van der Waals surface area (Å²) >= 11 is 0. The predicted molar refractivity (Wildman–Crippen MR) is 80.1 cm³/mol. The first-order valence-corrected chi connectivity index (χ1v) is 6.90. The number of ether oxygens (including phenoxy) is 1. The van der Waals surface area contributed by atoms with Gasteiger partial charge in [0.1, 0.15) is 11.5 Å². The first-order valence-electron chi connectivity index (χ1n) is 6.90. The molecule has 0 saturated heterocycles. The third-order valence-electron chi connectivity index (χ3n) is 3.06. The lowest BCUT2D eigenvalue weighted by Gasteiger charge is -2.07. The highest BCUT2D eigenvalue weighted by atomic mass is 16.5. The number of hydrogen-bond acceptors (Lipinski definition) is 4. The van der Waals surface area contributed by atoms with Crippen LogP contribution in [0.25, 0.3) is 0 Å². The second kappa shape index (κ2) is 8.11. The third kappa shape index (κ3) is 5.31. The molecule has 2 aromatic rings. The molecule has 0 atom stereocenters. The van der Waals surface area contributed by atoms with E-state index in [1.54, 1.807) is 13.4 Å². The lowest BCUT2D eigenvalue weighted by Crippen LogP contribution is -2.34. The number of hydrogen-bond donors (Lipinski definition) is 2. The molecule has 1 aromatic heterocycles. The fourth-order valence-corrected chi connectivity index (χ4v) is 1.91. The molecular formula is C16H20N2O3. The molecule has 0 bridgehead atoms. The lowest BCUT2D eigenvalue weighted by atomic mass is 10.1. The van der Waals surface area contributed by atoms with Gasteiger partial charge in [-0.2, -0.15) is 0 Å². The second-order valence-electron chi connectivity index (χ2n) is 4.63. The zero-order chi connectivity index (χ0) is 14.9. The smallest absolute Gasteiger partial charge is 0.233 e. The highest BCUT2D eigenvalue weighted by Gasteiger charge is 2.02. The molecule has 21 heavy (non-hydrogen) atoms. The molecular weight excluding hydrogens is 268 g/mol. The summed E-state index contributed by atoms with van der Waals surface area (Å²) in [6.07, 6.45) is 2.42. The molecule has 1 heterocycles. The zero-order valence-electron chi connectivity index (χ0n) is 12.1. The molecule has 2 N–H and O–H groups in total. The van der Waals surface area contributed by atoms with Gasteiger partial charge in [-0.1, -0.05) is 12.1 Å². The SMILES string of the molecule is COc1ccc(CCNC(=O)CNCc2ccco2)cc1. The van der Waals surface area contributed by atoms with Crippen LogP contribution in [0.1, 0.15) is 11.3 Å². The van der Waals surface area contributed by atoms with Crippen LogP contribution in [-0.2, 0) is 17.8 Å². The van der Waals surface area contributed by atoms with Gasteiger partial charge in [-0.15, -0.1) is 0 Å². The van der Waals surface area contributed by atoms with Crippen LogP contribution < -0.4 is 15.4 Å². The number of carbonyl (C=O) groups excluding carboxylic acids is 1. The first-order chi connectivity index (χ1) is 10.3. The van der Waals surface area contributed by atoms with Crippen molar-refractivity contribution in [3.63, 3.8) is 0 Å². The molecule has 112 valence electrons. The average molecular weight is 288 g/mol. The second-order valence-corrected chi connectivity index (χ2v) is 4.63. The minimum atomic E-state index is -0.0185. The van der Waals surface area contributed by atoms with Crippen molar-refractivity contribution < 1.29 is 13.9 Å². The quantitative estimate of drug-likeness (QED) is 0.776. The van der Waals surface area contributed by atoms with Gasteiger partial charge in [-0.05, 0) is 36.2 Å². The Kier molecular flexibility index (Phi) is 5.84. The average Bonchev–Trinajstić information content (AvgIpc) is 3.01.